The zero-order valence-electron chi connectivity index (χ0n) is 12.5. The number of hydrogen-bond donors (Lipinski definition) is 1. The molecule has 1 saturated heterocycles. The second-order valence-electron chi connectivity index (χ2n) is 6.30. The molecule has 116 valence electrons. The molecule has 1 N–H and O–H groups in total. The molecule has 2 aliphatic rings. The largest absolute Gasteiger partial charge is 0.463 e. The number of ether oxygens (including phenoxy) is 1. The molecule has 0 aromatic carbocycles. The number of piperidine rings is 1. The van der Waals surface area contributed by atoms with E-state index in [-0.39, 0.29) is 0 Å². The van der Waals surface area contributed by atoms with Crippen molar-refractivity contribution < 1.29 is 19.1 Å². The fraction of sp³-hybridized carbons (Fsp3) is 0.688. The summed E-state index contributed by atoms with van der Waals surface area (Å²) in [4.78, 5) is 13.9. The molecule has 1 aliphatic carbocycles. The Bertz CT molecular complexity index is 512. The fourth-order valence-electron chi connectivity index (χ4n) is 3.76. The molecule has 5 nitrogen and oxygen atoms in total. The van der Waals surface area contributed by atoms with Crippen LogP contribution in [0.4, 0.5) is 0 Å². The Morgan fingerprint density at radius 1 is 1.52 bits per heavy atom. The Kier molecular flexibility index (Phi) is 4.04. The van der Waals surface area contributed by atoms with Gasteiger partial charge in [-0.25, -0.2) is 4.79 Å². The number of methoxy groups -OCH3 is 1. The molecule has 1 saturated carbocycles. The van der Waals surface area contributed by atoms with Crippen LogP contribution in [-0.4, -0.2) is 41.8 Å². The van der Waals surface area contributed by atoms with E-state index in [1.165, 1.54) is 19.8 Å². The average Bonchev–Trinajstić information content (AvgIpc) is 2.95. The molecular formula is C16H23NO4. The monoisotopic (exact) mass is 293 g/mol. The number of furan rings is 1. The highest BCUT2D eigenvalue weighted by molar-refractivity contribution is 5.87. The lowest BCUT2D eigenvalue weighted by Gasteiger charge is -2.47. The zero-order valence-corrected chi connectivity index (χ0v) is 12.5. The molecule has 3 rings (SSSR count). The summed E-state index contributed by atoms with van der Waals surface area (Å²) >= 11 is 0. The van der Waals surface area contributed by atoms with Crippen LogP contribution in [0.25, 0.3) is 0 Å². The summed E-state index contributed by atoms with van der Waals surface area (Å²) in [6.07, 6.45) is 6.74. The first-order valence-electron chi connectivity index (χ1n) is 7.72. The molecule has 21 heavy (non-hydrogen) atoms. The molecule has 2 atom stereocenters. The quantitative estimate of drug-likeness (QED) is 0.866. The van der Waals surface area contributed by atoms with E-state index >= 15 is 0 Å². The number of nitrogens with zero attached hydrogens (tertiary/aromatic N) is 1. The number of carbonyl (C=O) groups is 1. The normalized spacial score (nSPS) is 29.9. The van der Waals surface area contributed by atoms with Gasteiger partial charge in [0.25, 0.3) is 0 Å². The number of aliphatic hydroxyl groups is 1. The van der Waals surface area contributed by atoms with Crippen molar-refractivity contribution in [3.63, 3.8) is 0 Å². The van der Waals surface area contributed by atoms with E-state index in [9.17, 15) is 9.90 Å². The van der Waals surface area contributed by atoms with Gasteiger partial charge in [-0.05, 0) is 25.3 Å². The lowest BCUT2D eigenvalue weighted by molar-refractivity contribution is -0.0968. The Morgan fingerprint density at radius 3 is 3.19 bits per heavy atom. The second-order valence-corrected chi connectivity index (χ2v) is 6.30. The van der Waals surface area contributed by atoms with Gasteiger partial charge in [0.2, 0.25) is 5.76 Å². The van der Waals surface area contributed by atoms with Gasteiger partial charge in [0.05, 0.1) is 19.0 Å². The van der Waals surface area contributed by atoms with E-state index in [1.807, 2.05) is 6.07 Å². The second kappa shape index (κ2) is 5.81. The van der Waals surface area contributed by atoms with E-state index < -0.39 is 11.6 Å². The van der Waals surface area contributed by atoms with E-state index in [0.717, 1.165) is 44.3 Å². The van der Waals surface area contributed by atoms with Crippen molar-refractivity contribution in [2.45, 2.75) is 44.2 Å². The van der Waals surface area contributed by atoms with Crippen LogP contribution >= 0.6 is 0 Å². The molecule has 2 heterocycles. The molecule has 1 aliphatic heterocycles. The minimum atomic E-state index is -0.462. The molecule has 1 aromatic heterocycles. The van der Waals surface area contributed by atoms with Crippen molar-refractivity contribution in [2.75, 3.05) is 20.2 Å². The van der Waals surface area contributed by atoms with Crippen LogP contribution in [-0.2, 0) is 11.3 Å². The number of rotatable bonds is 3. The Balaban J connectivity index is 1.67. The van der Waals surface area contributed by atoms with E-state index in [4.69, 9.17) is 9.15 Å². The van der Waals surface area contributed by atoms with Gasteiger partial charge in [0.15, 0.2) is 0 Å². The van der Waals surface area contributed by atoms with Crippen LogP contribution in [0, 0.1) is 5.92 Å². The van der Waals surface area contributed by atoms with Gasteiger partial charge in [0, 0.05) is 31.1 Å². The number of fused-ring (bicyclic) bond motifs is 1. The third-order valence-electron chi connectivity index (χ3n) is 5.02. The Morgan fingerprint density at radius 2 is 2.38 bits per heavy atom. The van der Waals surface area contributed by atoms with Crippen molar-refractivity contribution in [1.29, 1.82) is 0 Å². The van der Waals surface area contributed by atoms with Gasteiger partial charge in [-0.3, -0.25) is 4.90 Å². The van der Waals surface area contributed by atoms with Crippen molar-refractivity contribution in [2.24, 2.45) is 5.92 Å². The molecule has 0 bridgehead atoms. The molecule has 0 spiro atoms. The van der Waals surface area contributed by atoms with Crippen LogP contribution in [0.3, 0.4) is 0 Å². The number of esters is 1. The highest BCUT2D eigenvalue weighted by Crippen LogP contribution is 2.40. The first-order valence-corrected chi connectivity index (χ1v) is 7.72. The minimum absolute atomic E-state index is 0.293. The van der Waals surface area contributed by atoms with Crippen molar-refractivity contribution in [1.82, 2.24) is 4.90 Å². The maximum Gasteiger partial charge on any atom is 0.374 e. The van der Waals surface area contributed by atoms with Gasteiger partial charge in [-0.2, -0.15) is 0 Å². The van der Waals surface area contributed by atoms with Crippen LogP contribution in [0.1, 0.15) is 48.2 Å². The third kappa shape index (κ3) is 2.85. The zero-order chi connectivity index (χ0) is 14.9. The standard InChI is InChI=1S/C16H23NO4/c1-20-15(18)14-12(5-9-21-14)10-17-8-7-16(19)6-3-2-4-13(16)11-17/h5,9,13,19H,2-4,6-8,10-11H2,1H3. The molecule has 1 aromatic rings. The molecule has 0 radical (unpaired) electrons. The predicted molar refractivity (Wildman–Crippen MR) is 76.8 cm³/mol. The molecule has 2 unspecified atom stereocenters. The van der Waals surface area contributed by atoms with Crippen molar-refractivity contribution in [3.8, 4) is 0 Å². The van der Waals surface area contributed by atoms with E-state index in [1.54, 1.807) is 0 Å². The summed E-state index contributed by atoms with van der Waals surface area (Å²) < 4.78 is 9.97. The smallest absolute Gasteiger partial charge is 0.374 e. The summed E-state index contributed by atoms with van der Waals surface area (Å²) in [5, 5.41) is 10.7. The van der Waals surface area contributed by atoms with Crippen molar-refractivity contribution in [3.05, 3.63) is 23.7 Å². The highest BCUT2D eigenvalue weighted by atomic mass is 16.5. The maximum absolute atomic E-state index is 11.6. The Labute approximate surface area is 124 Å². The maximum atomic E-state index is 11.6. The number of hydrogen-bond acceptors (Lipinski definition) is 5. The van der Waals surface area contributed by atoms with Gasteiger partial charge in [-0.1, -0.05) is 12.8 Å². The molecule has 2 fully saturated rings. The first-order chi connectivity index (χ1) is 10.1. The van der Waals surface area contributed by atoms with Crippen LogP contribution in [0.5, 0.6) is 0 Å². The summed E-state index contributed by atoms with van der Waals surface area (Å²) in [5.41, 5.74) is 0.402. The van der Waals surface area contributed by atoms with Crippen LogP contribution in [0.2, 0.25) is 0 Å². The SMILES string of the molecule is COC(=O)c1occc1CN1CCC2(O)CCCCC2C1. The Hall–Kier alpha value is -1.33. The van der Waals surface area contributed by atoms with E-state index in [0.29, 0.717) is 18.2 Å². The first kappa shape index (κ1) is 14.6. The van der Waals surface area contributed by atoms with Crippen LogP contribution < -0.4 is 0 Å². The summed E-state index contributed by atoms with van der Waals surface area (Å²) in [7, 11) is 1.36. The van der Waals surface area contributed by atoms with Crippen molar-refractivity contribution >= 4 is 5.97 Å². The van der Waals surface area contributed by atoms with Gasteiger partial charge < -0.3 is 14.3 Å². The minimum Gasteiger partial charge on any atom is -0.463 e. The summed E-state index contributed by atoms with van der Waals surface area (Å²) in [6, 6.07) is 1.83. The summed E-state index contributed by atoms with van der Waals surface area (Å²) in [5.74, 6) is 0.219. The predicted octanol–water partition coefficient (Wildman–Crippen LogP) is 2.19. The lowest BCUT2D eigenvalue weighted by atomic mass is 9.71. The van der Waals surface area contributed by atoms with Crippen LogP contribution in [0.15, 0.2) is 16.7 Å². The average molecular weight is 293 g/mol. The third-order valence-corrected chi connectivity index (χ3v) is 5.02. The molecule has 5 heteroatoms. The van der Waals surface area contributed by atoms with Gasteiger partial charge in [0.1, 0.15) is 0 Å². The fourth-order valence-corrected chi connectivity index (χ4v) is 3.76. The lowest BCUT2D eigenvalue weighted by Crippen LogP contribution is -2.53. The van der Waals surface area contributed by atoms with Gasteiger partial charge >= 0.3 is 5.97 Å². The summed E-state index contributed by atoms with van der Waals surface area (Å²) in [6.45, 7) is 2.43. The molecular weight excluding hydrogens is 270 g/mol. The van der Waals surface area contributed by atoms with Gasteiger partial charge in [-0.15, -0.1) is 0 Å². The number of likely N-dealkylation sites (tertiary alicyclic amines) is 1. The molecule has 0 amide bonds. The topological polar surface area (TPSA) is 62.9 Å². The van der Waals surface area contributed by atoms with E-state index in [2.05, 4.69) is 4.90 Å². The highest BCUT2D eigenvalue weighted by Gasteiger charge is 2.42. The number of carbonyl (C=O) groups excluding carboxylic acids is 1.